The molecule has 0 amide bonds. The van der Waals surface area contributed by atoms with Crippen LogP contribution in [0.3, 0.4) is 0 Å². The summed E-state index contributed by atoms with van der Waals surface area (Å²) in [5.41, 5.74) is 1.30. The second kappa shape index (κ2) is 4.77. The van der Waals surface area contributed by atoms with Gasteiger partial charge in [0, 0.05) is 32.4 Å². The average molecular weight is 208 g/mol. The number of likely N-dealkylation sites (N-methyl/N-ethyl adjacent to an activating group) is 1. The van der Waals surface area contributed by atoms with Gasteiger partial charge in [0.25, 0.3) is 0 Å². The smallest absolute Gasteiger partial charge is 0.0521 e. The van der Waals surface area contributed by atoms with E-state index in [1.807, 2.05) is 17.9 Å². The van der Waals surface area contributed by atoms with Crippen molar-refractivity contribution in [2.75, 3.05) is 20.1 Å². The van der Waals surface area contributed by atoms with Crippen LogP contribution in [0.5, 0.6) is 0 Å². The van der Waals surface area contributed by atoms with E-state index in [9.17, 15) is 0 Å². The van der Waals surface area contributed by atoms with Crippen molar-refractivity contribution >= 4 is 0 Å². The number of aromatic nitrogens is 2. The van der Waals surface area contributed by atoms with E-state index in [0.29, 0.717) is 6.04 Å². The van der Waals surface area contributed by atoms with Gasteiger partial charge in [-0.05, 0) is 32.5 Å². The summed E-state index contributed by atoms with van der Waals surface area (Å²) < 4.78 is 1.96. The fourth-order valence-corrected chi connectivity index (χ4v) is 2.22. The van der Waals surface area contributed by atoms with E-state index >= 15 is 0 Å². The number of hydrogen-bond acceptors (Lipinski definition) is 3. The maximum Gasteiger partial charge on any atom is 0.0521 e. The van der Waals surface area contributed by atoms with Crippen LogP contribution in [-0.2, 0) is 13.6 Å². The minimum Gasteiger partial charge on any atom is -0.316 e. The van der Waals surface area contributed by atoms with Gasteiger partial charge in [0.1, 0.15) is 0 Å². The first kappa shape index (κ1) is 10.6. The van der Waals surface area contributed by atoms with Crippen LogP contribution in [-0.4, -0.2) is 40.9 Å². The molecule has 0 aliphatic carbocycles. The van der Waals surface area contributed by atoms with Gasteiger partial charge in [0.2, 0.25) is 0 Å². The number of aryl methyl sites for hydroxylation is 1. The second-order valence-corrected chi connectivity index (χ2v) is 4.31. The van der Waals surface area contributed by atoms with E-state index in [4.69, 9.17) is 0 Å². The summed E-state index contributed by atoms with van der Waals surface area (Å²) in [5, 5.41) is 7.56. The monoisotopic (exact) mass is 208 g/mol. The Morgan fingerprint density at radius 1 is 1.60 bits per heavy atom. The van der Waals surface area contributed by atoms with Crippen molar-refractivity contribution in [2.45, 2.75) is 25.4 Å². The molecule has 4 heteroatoms. The normalized spacial score (nSPS) is 23.2. The summed E-state index contributed by atoms with van der Waals surface area (Å²) in [5.74, 6) is 0. The molecule has 1 unspecified atom stereocenters. The van der Waals surface area contributed by atoms with Crippen LogP contribution in [0.25, 0.3) is 0 Å². The summed E-state index contributed by atoms with van der Waals surface area (Å²) in [7, 11) is 4.06. The van der Waals surface area contributed by atoms with E-state index in [0.717, 1.165) is 13.1 Å². The number of likely N-dealkylation sites (tertiary alicyclic amines) is 1. The van der Waals surface area contributed by atoms with Gasteiger partial charge in [0.05, 0.1) is 5.69 Å². The summed E-state index contributed by atoms with van der Waals surface area (Å²) in [4.78, 5) is 2.50. The third kappa shape index (κ3) is 2.58. The molecular weight excluding hydrogens is 188 g/mol. The van der Waals surface area contributed by atoms with E-state index in [-0.39, 0.29) is 0 Å². The van der Waals surface area contributed by atoms with Crippen molar-refractivity contribution in [2.24, 2.45) is 7.05 Å². The Labute approximate surface area is 91.3 Å². The predicted molar refractivity (Wildman–Crippen MR) is 60.6 cm³/mol. The standard InChI is InChI=1S/C11H20N4/c1-12-10-4-3-7-15(8-10)9-11-5-6-13-14(11)2/h5-6,10,12H,3-4,7-9H2,1-2H3. The van der Waals surface area contributed by atoms with Gasteiger partial charge < -0.3 is 5.32 Å². The Bertz CT molecular complexity index is 307. The van der Waals surface area contributed by atoms with Gasteiger partial charge in [-0.25, -0.2) is 0 Å². The lowest BCUT2D eigenvalue weighted by Gasteiger charge is -2.32. The molecule has 1 aromatic rings. The molecule has 4 nitrogen and oxygen atoms in total. The minimum atomic E-state index is 0.659. The zero-order valence-electron chi connectivity index (χ0n) is 9.61. The lowest BCUT2D eigenvalue weighted by atomic mass is 10.1. The van der Waals surface area contributed by atoms with E-state index in [1.165, 1.54) is 25.1 Å². The van der Waals surface area contributed by atoms with Crippen molar-refractivity contribution in [3.63, 3.8) is 0 Å². The largest absolute Gasteiger partial charge is 0.316 e. The molecule has 1 fully saturated rings. The number of nitrogens with zero attached hydrogens (tertiary/aromatic N) is 3. The van der Waals surface area contributed by atoms with E-state index < -0.39 is 0 Å². The molecule has 1 saturated heterocycles. The highest BCUT2D eigenvalue weighted by Crippen LogP contribution is 2.12. The molecule has 1 atom stereocenters. The Balaban J connectivity index is 1.92. The van der Waals surface area contributed by atoms with Crippen LogP contribution < -0.4 is 5.32 Å². The first-order chi connectivity index (χ1) is 7.29. The predicted octanol–water partition coefficient (Wildman–Crippen LogP) is 0.604. The number of hydrogen-bond donors (Lipinski definition) is 1. The molecule has 0 aromatic carbocycles. The van der Waals surface area contributed by atoms with Gasteiger partial charge in [-0.15, -0.1) is 0 Å². The van der Waals surface area contributed by atoms with Crippen LogP contribution in [0.4, 0.5) is 0 Å². The number of rotatable bonds is 3. The first-order valence-electron chi connectivity index (χ1n) is 5.66. The van der Waals surface area contributed by atoms with Gasteiger partial charge in [0.15, 0.2) is 0 Å². The lowest BCUT2D eigenvalue weighted by molar-refractivity contribution is 0.184. The van der Waals surface area contributed by atoms with Crippen LogP contribution >= 0.6 is 0 Å². The fourth-order valence-electron chi connectivity index (χ4n) is 2.22. The zero-order valence-corrected chi connectivity index (χ0v) is 9.61. The maximum atomic E-state index is 4.20. The molecule has 2 heterocycles. The fraction of sp³-hybridized carbons (Fsp3) is 0.727. The van der Waals surface area contributed by atoms with E-state index in [2.05, 4.69) is 28.4 Å². The second-order valence-electron chi connectivity index (χ2n) is 4.31. The highest BCUT2D eigenvalue weighted by Gasteiger charge is 2.18. The van der Waals surface area contributed by atoms with Crippen molar-refractivity contribution in [3.05, 3.63) is 18.0 Å². The molecule has 1 N–H and O–H groups in total. The molecule has 1 aromatic heterocycles. The molecule has 0 bridgehead atoms. The summed E-state index contributed by atoms with van der Waals surface area (Å²) in [6.45, 7) is 3.39. The Morgan fingerprint density at radius 3 is 3.13 bits per heavy atom. The summed E-state index contributed by atoms with van der Waals surface area (Å²) >= 11 is 0. The van der Waals surface area contributed by atoms with Gasteiger partial charge in [-0.2, -0.15) is 5.10 Å². The molecule has 2 rings (SSSR count). The molecule has 1 aliphatic rings. The number of piperidine rings is 1. The molecule has 0 saturated carbocycles. The Morgan fingerprint density at radius 2 is 2.47 bits per heavy atom. The molecule has 0 radical (unpaired) electrons. The topological polar surface area (TPSA) is 33.1 Å². The Kier molecular flexibility index (Phi) is 3.38. The summed E-state index contributed by atoms with van der Waals surface area (Å²) in [6, 6.07) is 2.76. The third-order valence-electron chi connectivity index (χ3n) is 3.22. The van der Waals surface area contributed by atoms with Gasteiger partial charge in [-0.3, -0.25) is 9.58 Å². The van der Waals surface area contributed by atoms with Crippen LogP contribution in [0.1, 0.15) is 18.5 Å². The van der Waals surface area contributed by atoms with Crippen LogP contribution in [0.2, 0.25) is 0 Å². The van der Waals surface area contributed by atoms with Gasteiger partial charge >= 0.3 is 0 Å². The van der Waals surface area contributed by atoms with Crippen LogP contribution in [0.15, 0.2) is 12.3 Å². The molecule has 15 heavy (non-hydrogen) atoms. The third-order valence-corrected chi connectivity index (χ3v) is 3.22. The van der Waals surface area contributed by atoms with Crippen molar-refractivity contribution in [1.29, 1.82) is 0 Å². The Hall–Kier alpha value is -0.870. The minimum absolute atomic E-state index is 0.659. The van der Waals surface area contributed by atoms with Crippen LogP contribution in [0, 0.1) is 0 Å². The maximum absolute atomic E-state index is 4.20. The quantitative estimate of drug-likeness (QED) is 0.790. The molecule has 1 aliphatic heterocycles. The summed E-state index contributed by atoms with van der Waals surface area (Å²) in [6.07, 6.45) is 4.47. The lowest BCUT2D eigenvalue weighted by Crippen LogP contribution is -2.44. The first-order valence-corrected chi connectivity index (χ1v) is 5.66. The molecular formula is C11H20N4. The van der Waals surface area contributed by atoms with E-state index in [1.54, 1.807) is 0 Å². The zero-order chi connectivity index (χ0) is 10.7. The SMILES string of the molecule is CNC1CCCN(Cc2ccnn2C)C1. The highest BCUT2D eigenvalue weighted by atomic mass is 15.3. The van der Waals surface area contributed by atoms with Gasteiger partial charge in [-0.1, -0.05) is 0 Å². The molecule has 0 spiro atoms. The highest BCUT2D eigenvalue weighted by molar-refractivity contribution is 5.00. The number of nitrogens with one attached hydrogen (secondary N) is 1. The van der Waals surface area contributed by atoms with Crippen molar-refractivity contribution < 1.29 is 0 Å². The van der Waals surface area contributed by atoms with Crippen molar-refractivity contribution in [3.8, 4) is 0 Å². The van der Waals surface area contributed by atoms with Crippen molar-refractivity contribution in [1.82, 2.24) is 20.0 Å². The average Bonchev–Trinajstić information content (AvgIpc) is 2.65. The molecule has 84 valence electrons.